The molecule has 1 aliphatic rings. The summed E-state index contributed by atoms with van der Waals surface area (Å²) in [6, 6.07) is 15.2. The van der Waals surface area contributed by atoms with E-state index in [-0.39, 0.29) is 17.9 Å². The summed E-state index contributed by atoms with van der Waals surface area (Å²) in [5, 5.41) is 12.2. The van der Waals surface area contributed by atoms with Crippen LogP contribution in [0.5, 0.6) is 0 Å². The van der Waals surface area contributed by atoms with E-state index in [1.54, 1.807) is 11.0 Å². The van der Waals surface area contributed by atoms with Gasteiger partial charge in [0.1, 0.15) is 5.25 Å². The van der Waals surface area contributed by atoms with Crippen molar-refractivity contribution in [3.63, 3.8) is 0 Å². The van der Waals surface area contributed by atoms with Gasteiger partial charge in [0.15, 0.2) is 4.34 Å². The molecule has 0 bridgehead atoms. The number of hydrogen-bond acceptors (Lipinski definition) is 6. The number of hydrogen-bond donors (Lipinski definition) is 1. The molecule has 2 aromatic carbocycles. The van der Waals surface area contributed by atoms with E-state index in [4.69, 9.17) is 11.6 Å². The van der Waals surface area contributed by atoms with Gasteiger partial charge < -0.3 is 5.32 Å². The molecule has 0 saturated heterocycles. The molecule has 1 aliphatic carbocycles. The summed E-state index contributed by atoms with van der Waals surface area (Å²) in [6.07, 6.45) is 2.40. The van der Waals surface area contributed by atoms with Crippen LogP contribution in [0.25, 0.3) is 0 Å². The summed E-state index contributed by atoms with van der Waals surface area (Å²) in [5.74, 6) is -0.129. The summed E-state index contributed by atoms with van der Waals surface area (Å²) in [7, 11) is 0. The number of nitrogens with zero attached hydrogens (tertiary/aromatic N) is 3. The third-order valence-corrected chi connectivity index (χ3v) is 7.75. The van der Waals surface area contributed by atoms with Gasteiger partial charge in [-0.3, -0.25) is 14.5 Å². The van der Waals surface area contributed by atoms with E-state index in [0.717, 1.165) is 24.0 Å². The quantitative estimate of drug-likeness (QED) is 0.318. The van der Waals surface area contributed by atoms with Gasteiger partial charge in [0, 0.05) is 23.2 Å². The van der Waals surface area contributed by atoms with Gasteiger partial charge in [0.2, 0.25) is 16.9 Å². The average molecular weight is 487 g/mol. The van der Waals surface area contributed by atoms with E-state index in [0.29, 0.717) is 26.6 Å². The lowest BCUT2D eigenvalue weighted by atomic mass is 10.1. The first kappa shape index (κ1) is 22.8. The molecule has 1 N–H and O–H groups in total. The van der Waals surface area contributed by atoms with Gasteiger partial charge in [-0.2, -0.15) is 0 Å². The number of aryl methyl sites for hydroxylation is 1. The molecule has 1 atom stereocenters. The molecule has 0 aliphatic heterocycles. The van der Waals surface area contributed by atoms with Crippen LogP contribution in [0.2, 0.25) is 5.02 Å². The Balaban J connectivity index is 1.56. The van der Waals surface area contributed by atoms with E-state index >= 15 is 0 Å². The number of aromatic nitrogens is 2. The highest BCUT2D eigenvalue weighted by Gasteiger charge is 2.35. The molecule has 4 rings (SSSR count). The summed E-state index contributed by atoms with van der Waals surface area (Å²) < 4.78 is 0.639. The van der Waals surface area contributed by atoms with Gasteiger partial charge in [0.05, 0.1) is 0 Å². The molecule has 9 heteroatoms. The number of nitrogens with one attached hydrogen (secondary N) is 1. The topological polar surface area (TPSA) is 75.2 Å². The van der Waals surface area contributed by atoms with E-state index in [1.807, 2.05) is 56.3 Å². The van der Waals surface area contributed by atoms with E-state index in [9.17, 15) is 9.59 Å². The Labute approximate surface area is 200 Å². The SMILES string of the molecule is CCC(=O)N(c1nnc(SC(C(=O)Nc2ccc(C)c(Cl)c2)c2ccccc2)s1)C1CC1. The van der Waals surface area contributed by atoms with Crippen molar-refractivity contribution in [1.29, 1.82) is 0 Å². The van der Waals surface area contributed by atoms with Gasteiger partial charge in [-0.15, -0.1) is 10.2 Å². The fraction of sp³-hybridized carbons (Fsp3) is 0.304. The minimum absolute atomic E-state index is 0.0498. The first-order valence-corrected chi connectivity index (χ1v) is 12.5. The summed E-state index contributed by atoms with van der Waals surface area (Å²) in [5.41, 5.74) is 2.44. The standard InChI is InChI=1S/C23H23ClN4O2S2/c1-3-19(29)28(17-11-12-17)22-26-27-23(32-22)31-20(15-7-5-4-6-8-15)21(30)25-16-10-9-14(2)18(24)13-16/h4-10,13,17,20H,3,11-12H2,1-2H3,(H,25,30). The van der Waals surface area contributed by atoms with Crippen LogP contribution in [-0.4, -0.2) is 28.1 Å². The van der Waals surface area contributed by atoms with Crippen molar-refractivity contribution >= 4 is 57.3 Å². The fourth-order valence-electron chi connectivity index (χ4n) is 3.20. The maximum atomic E-state index is 13.2. The number of carbonyl (C=O) groups is 2. The van der Waals surface area contributed by atoms with Crippen molar-refractivity contribution in [2.45, 2.75) is 48.7 Å². The van der Waals surface area contributed by atoms with Gasteiger partial charge in [-0.05, 0) is 43.0 Å². The van der Waals surface area contributed by atoms with Crippen molar-refractivity contribution in [1.82, 2.24) is 10.2 Å². The van der Waals surface area contributed by atoms with Crippen molar-refractivity contribution in [2.24, 2.45) is 0 Å². The van der Waals surface area contributed by atoms with Gasteiger partial charge in [-0.1, -0.05) is 78.0 Å². The Hall–Kier alpha value is -2.42. The fourth-order valence-corrected chi connectivity index (χ4v) is 5.50. The van der Waals surface area contributed by atoms with Gasteiger partial charge in [-0.25, -0.2) is 0 Å². The van der Waals surface area contributed by atoms with Crippen molar-refractivity contribution in [3.8, 4) is 0 Å². The van der Waals surface area contributed by atoms with Gasteiger partial charge >= 0.3 is 0 Å². The van der Waals surface area contributed by atoms with Crippen LogP contribution in [0, 0.1) is 6.92 Å². The largest absolute Gasteiger partial charge is 0.325 e. The molecule has 0 spiro atoms. The Morgan fingerprint density at radius 3 is 2.62 bits per heavy atom. The summed E-state index contributed by atoms with van der Waals surface area (Å²) in [4.78, 5) is 27.4. The van der Waals surface area contributed by atoms with Crippen LogP contribution < -0.4 is 10.2 Å². The summed E-state index contributed by atoms with van der Waals surface area (Å²) in [6.45, 7) is 3.76. The number of carbonyl (C=O) groups excluding carboxylic acids is 2. The van der Waals surface area contributed by atoms with Crippen LogP contribution in [0.15, 0.2) is 52.9 Å². The smallest absolute Gasteiger partial charge is 0.242 e. The normalized spacial score (nSPS) is 14.1. The second kappa shape index (κ2) is 10.0. The lowest BCUT2D eigenvalue weighted by Gasteiger charge is -2.17. The molecule has 1 fully saturated rings. The minimum atomic E-state index is -0.534. The molecule has 1 saturated carbocycles. The Kier molecular flexibility index (Phi) is 7.13. The monoisotopic (exact) mass is 486 g/mol. The molecule has 1 unspecified atom stereocenters. The minimum Gasteiger partial charge on any atom is -0.325 e. The molecule has 6 nitrogen and oxygen atoms in total. The van der Waals surface area contributed by atoms with Crippen molar-refractivity contribution in [3.05, 3.63) is 64.7 Å². The van der Waals surface area contributed by atoms with Crippen LogP contribution in [0.3, 0.4) is 0 Å². The lowest BCUT2D eigenvalue weighted by molar-refractivity contribution is -0.118. The predicted octanol–water partition coefficient (Wildman–Crippen LogP) is 5.88. The molecular weight excluding hydrogens is 464 g/mol. The zero-order valence-electron chi connectivity index (χ0n) is 17.7. The van der Waals surface area contributed by atoms with Crippen molar-refractivity contribution < 1.29 is 9.59 Å². The Bertz CT molecular complexity index is 1120. The summed E-state index contributed by atoms with van der Waals surface area (Å²) >= 11 is 8.90. The number of thioether (sulfide) groups is 1. The van der Waals surface area contributed by atoms with Crippen LogP contribution in [-0.2, 0) is 9.59 Å². The predicted molar refractivity (Wildman–Crippen MR) is 131 cm³/mol. The highest BCUT2D eigenvalue weighted by atomic mass is 35.5. The van der Waals surface area contributed by atoms with Crippen LogP contribution in [0.1, 0.15) is 42.6 Å². The average Bonchev–Trinajstić information content (AvgIpc) is 3.52. The van der Waals surface area contributed by atoms with E-state index < -0.39 is 5.25 Å². The molecule has 166 valence electrons. The second-order valence-electron chi connectivity index (χ2n) is 7.56. The highest BCUT2D eigenvalue weighted by Crippen LogP contribution is 2.41. The second-order valence-corrected chi connectivity index (χ2v) is 10.3. The molecule has 0 radical (unpaired) electrons. The first-order valence-electron chi connectivity index (χ1n) is 10.4. The van der Waals surface area contributed by atoms with E-state index in [1.165, 1.54) is 23.1 Å². The maximum Gasteiger partial charge on any atom is 0.242 e. The number of amides is 2. The Morgan fingerprint density at radius 2 is 1.97 bits per heavy atom. The Morgan fingerprint density at radius 1 is 1.22 bits per heavy atom. The lowest BCUT2D eigenvalue weighted by Crippen LogP contribution is -2.32. The first-order chi connectivity index (χ1) is 15.5. The van der Waals surface area contributed by atoms with E-state index in [2.05, 4.69) is 15.5 Å². The van der Waals surface area contributed by atoms with Crippen LogP contribution in [0.4, 0.5) is 10.8 Å². The zero-order valence-corrected chi connectivity index (χ0v) is 20.1. The molecule has 1 aromatic heterocycles. The van der Waals surface area contributed by atoms with Crippen molar-refractivity contribution in [2.75, 3.05) is 10.2 Å². The van der Waals surface area contributed by atoms with Gasteiger partial charge in [0.25, 0.3) is 0 Å². The molecular formula is C23H23ClN4O2S2. The molecule has 32 heavy (non-hydrogen) atoms. The number of halogens is 1. The molecule has 1 heterocycles. The number of benzene rings is 2. The zero-order chi connectivity index (χ0) is 22.7. The third kappa shape index (κ3) is 5.31. The molecule has 3 aromatic rings. The highest BCUT2D eigenvalue weighted by molar-refractivity contribution is 8.02. The maximum absolute atomic E-state index is 13.2. The third-order valence-electron chi connectivity index (χ3n) is 5.08. The molecule has 2 amide bonds. The number of anilines is 2. The number of rotatable bonds is 8. The van der Waals surface area contributed by atoms with Crippen LogP contribution >= 0.6 is 34.7 Å².